The van der Waals surface area contributed by atoms with Crippen molar-refractivity contribution in [1.82, 2.24) is 19.2 Å². The Morgan fingerprint density at radius 3 is 2.82 bits per heavy atom. The number of halogens is 1. The van der Waals surface area contributed by atoms with Crippen molar-refractivity contribution in [3.8, 4) is 0 Å². The Morgan fingerprint density at radius 2 is 2.00 bits per heavy atom. The van der Waals surface area contributed by atoms with E-state index in [1.165, 1.54) is 0 Å². The lowest BCUT2D eigenvalue weighted by Crippen LogP contribution is -2.24. The molecule has 8 heteroatoms. The molecule has 6 nitrogen and oxygen atoms in total. The monoisotopic (exact) mass is 414 g/mol. The van der Waals surface area contributed by atoms with Crippen molar-refractivity contribution in [1.29, 1.82) is 0 Å². The molecule has 4 rings (SSSR count). The molecule has 2 aromatic carbocycles. The zero-order valence-electron chi connectivity index (χ0n) is 15.3. The smallest absolute Gasteiger partial charge is 0.262 e. The molecular formula is C20H19ClN4O2S. The summed E-state index contributed by atoms with van der Waals surface area (Å²) in [6, 6.07) is 15.3. The average Bonchev–Trinajstić information content (AvgIpc) is 3.13. The lowest BCUT2D eigenvalue weighted by atomic mass is 10.2. The number of methoxy groups -OCH3 is 1. The highest BCUT2D eigenvalue weighted by atomic mass is 35.5. The van der Waals surface area contributed by atoms with Crippen LogP contribution in [0.3, 0.4) is 0 Å². The van der Waals surface area contributed by atoms with Crippen LogP contribution in [0, 0.1) is 0 Å². The highest BCUT2D eigenvalue weighted by Crippen LogP contribution is 2.25. The molecule has 28 heavy (non-hydrogen) atoms. The minimum absolute atomic E-state index is 0.0574. The molecular weight excluding hydrogens is 396 g/mol. The Hall–Kier alpha value is -2.35. The fourth-order valence-corrected chi connectivity index (χ4v) is 4.27. The molecule has 0 aliphatic heterocycles. The quantitative estimate of drug-likeness (QED) is 0.337. The molecule has 0 aliphatic carbocycles. The number of thioether (sulfide) groups is 1. The number of aryl methyl sites for hydroxylation is 1. The molecule has 0 fully saturated rings. The van der Waals surface area contributed by atoms with E-state index in [0.717, 1.165) is 22.7 Å². The Bertz CT molecular complexity index is 1190. The maximum atomic E-state index is 13.0. The summed E-state index contributed by atoms with van der Waals surface area (Å²) in [6.07, 6.45) is 0.724. The zero-order chi connectivity index (χ0) is 19.5. The summed E-state index contributed by atoms with van der Waals surface area (Å²) in [7, 11) is 1.65. The van der Waals surface area contributed by atoms with Crippen molar-refractivity contribution in [3.63, 3.8) is 0 Å². The molecule has 0 N–H and O–H groups in total. The SMILES string of the molecule is COCCCn1c(=O)c2ccccc2n2c(SCc3cccc(Cl)c3)nnc12. The van der Waals surface area contributed by atoms with Crippen LogP contribution >= 0.6 is 23.4 Å². The zero-order valence-corrected chi connectivity index (χ0v) is 16.9. The first-order valence-electron chi connectivity index (χ1n) is 8.92. The first kappa shape index (κ1) is 19.0. The fraction of sp³-hybridized carbons (Fsp3) is 0.250. The minimum atomic E-state index is -0.0574. The van der Waals surface area contributed by atoms with Crippen molar-refractivity contribution in [2.45, 2.75) is 23.9 Å². The van der Waals surface area contributed by atoms with Gasteiger partial charge in [-0.15, -0.1) is 10.2 Å². The van der Waals surface area contributed by atoms with Gasteiger partial charge in [0.25, 0.3) is 5.56 Å². The number of benzene rings is 2. The molecule has 0 amide bonds. The van der Waals surface area contributed by atoms with Gasteiger partial charge in [0, 0.05) is 31.0 Å². The van der Waals surface area contributed by atoms with E-state index in [-0.39, 0.29) is 5.56 Å². The van der Waals surface area contributed by atoms with Crippen LogP contribution < -0.4 is 5.56 Å². The largest absolute Gasteiger partial charge is 0.385 e. The van der Waals surface area contributed by atoms with Gasteiger partial charge in [0.2, 0.25) is 5.78 Å². The van der Waals surface area contributed by atoms with Gasteiger partial charge in [-0.2, -0.15) is 0 Å². The summed E-state index contributed by atoms with van der Waals surface area (Å²) in [5, 5.41) is 10.8. The number of aromatic nitrogens is 4. The van der Waals surface area contributed by atoms with Gasteiger partial charge in [0.15, 0.2) is 5.16 Å². The first-order valence-corrected chi connectivity index (χ1v) is 10.3. The highest BCUT2D eigenvalue weighted by Gasteiger charge is 2.16. The molecule has 0 saturated heterocycles. The van der Waals surface area contributed by atoms with Crippen LogP contribution in [0.1, 0.15) is 12.0 Å². The second-order valence-electron chi connectivity index (χ2n) is 6.36. The predicted octanol–water partition coefficient (Wildman–Crippen LogP) is 4.03. The number of fused-ring (bicyclic) bond motifs is 3. The lowest BCUT2D eigenvalue weighted by molar-refractivity contribution is 0.190. The van der Waals surface area contributed by atoms with E-state index >= 15 is 0 Å². The summed E-state index contributed by atoms with van der Waals surface area (Å²) >= 11 is 7.65. The highest BCUT2D eigenvalue weighted by molar-refractivity contribution is 7.98. The third-order valence-corrected chi connectivity index (χ3v) is 5.70. The van der Waals surface area contributed by atoms with Gasteiger partial charge in [-0.3, -0.25) is 13.8 Å². The van der Waals surface area contributed by atoms with Gasteiger partial charge in [-0.1, -0.05) is 47.6 Å². The molecule has 0 bridgehead atoms. The molecule has 2 heterocycles. The minimum Gasteiger partial charge on any atom is -0.385 e. The lowest BCUT2D eigenvalue weighted by Gasteiger charge is -2.11. The van der Waals surface area contributed by atoms with Crippen LogP contribution in [0.4, 0.5) is 0 Å². The van der Waals surface area contributed by atoms with Crippen molar-refractivity contribution in [3.05, 3.63) is 69.5 Å². The van der Waals surface area contributed by atoms with E-state index in [0.29, 0.717) is 35.1 Å². The van der Waals surface area contributed by atoms with Gasteiger partial charge >= 0.3 is 0 Å². The summed E-state index contributed by atoms with van der Waals surface area (Å²) < 4.78 is 8.77. The van der Waals surface area contributed by atoms with Gasteiger partial charge in [-0.25, -0.2) is 0 Å². The van der Waals surface area contributed by atoms with E-state index in [1.807, 2.05) is 52.9 Å². The average molecular weight is 415 g/mol. The topological polar surface area (TPSA) is 61.4 Å². The molecule has 0 spiro atoms. The van der Waals surface area contributed by atoms with Crippen molar-refractivity contribution < 1.29 is 4.74 Å². The van der Waals surface area contributed by atoms with Gasteiger partial charge in [0.1, 0.15) is 0 Å². The maximum Gasteiger partial charge on any atom is 0.262 e. The number of hydrogen-bond donors (Lipinski definition) is 0. The van der Waals surface area contributed by atoms with E-state index in [2.05, 4.69) is 10.2 Å². The van der Waals surface area contributed by atoms with Crippen molar-refractivity contribution in [2.75, 3.05) is 13.7 Å². The van der Waals surface area contributed by atoms with Gasteiger partial charge in [0.05, 0.1) is 10.9 Å². The molecule has 0 atom stereocenters. The maximum absolute atomic E-state index is 13.0. The third-order valence-electron chi connectivity index (χ3n) is 4.47. The van der Waals surface area contributed by atoms with Gasteiger partial charge in [-0.05, 0) is 36.2 Å². The Kier molecular flexibility index (Phi) is 5.66. The van der Waals surface area contributed by atoms with E-state index in [9.17, 15) is 4.79 Å². The van der Waals surface area contributed by atoms with E-state index < -0.39 is 0 Å². The van der Waals surface area contributed by atoms with Crippen LogP contribution in [0.5, 0.6) is 0 Å². The van der Waals surface area contributed by atoms with E-state index in [4.69, 9.17) is 16.3 Å². The molecule has 144 valence electrons. The Balaban J connectivity index is 1.79. The fourth-order valence-electron chi connectivity index (χ4n) is 3.17. The molecule has 4 aromatic rings. The third kappa shape index (κ3) is 3.65. The second-order valence-corrected chi connectivity index (χ2v) is 7.74. The number of para-hydroxylation sites is 1. The molecule has 0 radical (unpaired) electrons. The molecule has 0 aliphatic rings. The van der Waals surface area contributed by atoms with Crippen LogP contribution in [-0.4, -0.2) is 32.9 Å². The summed E-state index contributed by atoms with van der Waals surface area (Å²) in [5.41, 5.74) is 1.86. The molecule has 0 saturated carbocycles. The van der Waals surface area contributed by atoms with Crippen LogP contribution in [0.2, 0.25) is 5.02 Å². The van der Waals surface area contributed by atoms with Crippen molar-refractivity contribution in [2.24, 2.45) is 0 Å². The number of nitrogens with zero attached hydrogens (tertiary/aromatic N) is 4. The number of rotatable bonds is 7. The van der Waals surface area contributed by atoms with Gasteiger partial charge < -0.3 is 4.74 Å². The normalized spacial score (nSPS) is 11.5. The molecule has 0 unspecified atom stereocenters. The summed E-state index contributed by atoms with van der Waals surface area (Å²) in [5.74, 6) is 1.26. The van der Waals surface area contributed by atoms with Crippen LogP contribution in [0.25, 0.3) is 16.7 Å². The number of hydrogen-bond acceptors (Lipinski definition) is 5. The number of ether oxygens (including phenoxy) is 1. The second kappa shape index (κ2) is 8.34. The standard InChI is InChI=1S/C20H19ClN4O2S/c1-27-11-5-10-24-18(26)16-8-2-3-9-17(16)25-19(24)22-23-20(25)28-13-14-6-4-7-15(21)12-14/h2-4,6-9,12H,5,10-11,13H2,1H3. The predicted molar refractivity (Wildman–Crippen MR) is 112 cm³/mol. The Morgan fingerprint density at radius 1 is 1.14 bits per heavy atom. The van der Waals surface area contributed by atoms with E-state index in [1.54, 1.807) is 23.4 Å². The molecule has 2 aromatic heterocycles. The summed E-state index contributed by atoms with van der Waals surface area (Å²) in [6.45, 7) is 1.11. The summed E-state index contributed by atoms with van der Waals surface area (Å²) in [4.78, 5) is 13.0. The first-order chi connectivity index (χ1) is 13.7. The van der Waals surface area contributed by atoms with Crippen molar-refractivity contribution >= 4 is 40.0 Å². The van der Waals surface area contributed by atoms with Crippen LogP contribution in [-0.2, 0) is 17.0 Å². The van der Waals surface area contributed by atoms with Crippen LogP contribution in [0.15, 0.2) is 58.5 Å². The Labute approximate surface area is 171 Å².